The van der Waals surface area contributed by atoms with Gasteiger partial charge in [-0.05, 0) is 39.4 Å². The Hall–Kier alpha value is -1.97. The molecule has 0 amide bonds. The summed E-state index contributed by atoms with van der Waals surface area (Å²) in [5.41, 5.74) is -0.865. The number of hydrogen-bond acceptors (Lipinski definition) is 6. The number of likely N-dealkylation sites (N-methyl/N-ethyl adjacent to an activating group) is 1. The van der Waals surface area contributed by atoms with Gasteiger partial charge in [0.25, 0.3) is 0 Å². The molecule has 1 unspecified atom stereocenters. The SMILES string of the molecule is Cc1nnc(CN=C(NCc2cccs2)NCC(C)(O)CN(C)C)n1C. The van der Waals surface area contributed by atoms with E-state index in [1.807, 2.05) is 55.9 Å². The summed E-state index contributed by atoms with van der Waals surface area (Å²) in [6, 6.07) is 4.10. The van der Waals surface area contributed by atoms with Gasteiger partial charge in [0, 0.05) is 25.0 Å². The van der Waals surface area contributed by atoms with Crippen LogP contribution in [0.2, 0.25) is 0 Å². The van der Waals surface area contributed by atoms with Crippen molar-refractivity contribution in [3.63, 3.8) is 0 Å². The van der Waals surface area contributed by atoms with Gasteiger partial charge in [-0.2, -0.15) is 0 Å². The quantitative estimate of drug-likeness (QED) is 0.463. The fraction of sp³-hybridized carbons (Fsp3) is 0.588. The lowest BCUT2D eigenvalue weighted by molar-refractivity contribution is 0.0377. The Morgan fingerprint density at radius 3 is 2.73 bits per heavy atom. The molecular weight excluding hydrogens is 350 g/mol. The van der Waals surface area contributed by atoms with E-state index in [1.54, 1.807) is 11.3 Å². The number of thiophene rings is 1. The molecule has 2 aromatic rings. The zero-order valence-electron chi connectivity index (χ0n) is 16.2. The molecule has 2 rings (SSSR count). The van der Waals surface area contributed by atoms with Gasteiger partial charge in [-0.15, -0.1) is 21.5 Å². The van der Waals surface area contributed by atoms with E-state index in [9.17, 15) is 5.11 Å². The molecule has 0 saturated heterocycles. The number of aliphatic imine (C=N–C) groups is 1. The van der Waals surface area contributed by atoms with Gasteiger partial charge in [-0.25, -0.2) is 4.99 Å². The van der Waals surface area contributed by atoms with Gasteiger partial charge in [0.2, 0.25) is 0 Å². The lowest BCUT2D eigenvalue weighted by atomic mass is 10.1. The molecule has 2 aromatic heterocycles. The first-order valence-corrected chi connectivity index (χ1v) is 9.41. The molecule has 0 aliphatic heterocycles. The van der Waals surface area contributed by atoms with Gasteiger partial charge < -0.3 is 25.2 Å². The third-order valence-corrected chi connectivity index (χ3v) is 4.74. The summed E-state index contributed by atoms with van der Waals surface area (Å²) in [5, 5.41) is 27.3. The second-order valence-corrected chi connectivity index (χ2v) is 7.94. The van der Waals surface area contributed by atoms with Crippen LogP contribution in [0.25, 0.3) is 0 Å². The first kappa shape index (κ1) is 20.3. The minimum atomic E-state index is -0.865. The second kappa shape index (κ2) is 9.11. The van der Waals surface area contributed by atoms with Crippen molar-refractivity contribution in [2.75, 3.05) is 27.2 Å². The van der Waals surface area contributed by atoms with Crippen molar-refractivity contribution in [3.8, 4) is 0 Å². The van der Waals surface area contributed by atoms with E-state index in [1.165, 1.54) is 4.88 Å². The number of aromatic nitrogens is 3. The average Bonchev–Trinajstić information content (AvgIpc) is 3.17. The largest absolute Gasteiger partial charge is 0.387 e. The van der Waals surface area contributed by atoms with Gasteiger partial charge in [-0.1, -0.05) is 6.07 Å². The molecule has 0 aromatic carbocycles. The first-order chi connectivity index (χ1) is 12.3. The van der Waals surface area contributed by atoms with Crippen LogP contribution in [0.3, 0.4) is 0 Å². The number of nitrogens with one attached hydrogen (secondary N) is 2. The van der Waals surface area contributed by atoms with Crippen molar-refractivity contribution in [2.45, 2.75) is 32.5 Å². The third-order valence-electron chi connectivity index (χ3n) is 3.87. The van der Waals surface area contributed by atoms with Crippen LogP contribution >= 0.6 is 11.3 Å². The Bertz CT molecular complexity index is 707. The van der Waals surface area contributed by atoms with E-state index in [0.717, 1.165) is 11.6 Å². The molecule has 0 saturated carbocycles. The molecule has 9 heteroatoms. The zero-order chi connectivity index (χ0) is 19.2. The molecule has 0 radical (unpaired) electrons. The molecule has 0 aliphatic carbocycles. The van der Waals surface area contributed by atoms with Gasteiger partial charge in [0.1, 0.15) is 12.4 Å². The highest BCUT2D eigenvalue weighted by molar-refractivity contribution is 7.09. The monoisotopic (exact) mass is 379 g/mol. The summed E-state index contributed by atoms with van der Waals surface area (Å²) in [6.07, 6.45) is 0. The molecule has 0 spiro atoms. The van der Waals surface area contributed by atoms with E-state index >= 15 is 0 Å². The Labute approximate surface area is 159 Å². The lowest BCUT2D eigenvalue weighted by Crippen LogP contribution is -2.49. The van der Waals surface area contributed by atoms with E-state index in [-0.39, 0.29) is 0 Å². The molecule has 8 nitrogen and oxygen atoms in total. The second-order valence-electron chi connectivity index (χ2n) is 6.91. The highest BCUT2D eigenvalue weighted by Crippen LogP contribution is 2.08. The average molecular weight is 380 g/mol. The number of nitrogens with zero attached hydrogens (tertiary/aromatic N) is 5. The standard InChI is InChI=1S/C17H29N7OS/c1-13-21-22-15(24(13)5)10-19-16(18-9-14-7-6-8-26-14)20-11-17(2,25)12-23(3)4/h6-8,25H,9-12H2,1-5H3,(H2,18,19,20). The minimum Gasteiger partial charge on any atom is -0.387 e. The normalized spacial score (nSPS) is 14.5. The molecule has 0 aliphatic rings. The number of aryl methyl sites for hydroxylation is 1. The summed E-state index contributed by atoms with van der Waals surface area (Å²) >= 11 is 1.69. The smallest absolute Gasteiger partial charge is 0.192 e. The topological polar surface area (TPSA) is 90.6 Å². The summed E-state index contributed by atoms with van der Waals surface area (Å²) in [6.45, 7) is 5.75. The first-order valence-electron chi connectivity index (χ1n) is 8.53. The van der Waals surface area contributed by atoms with Crippen LogP contribution in [0.4, 0.5) is 0 Å². The van der Waals surface area contributed by atoms with Crippen LogP contribution < -0.4 is 10.6 Å². The molecule has 3 N–H and O–H groups in total. The van der Waals surface area contributed by atoms with Crippen LogP contribution in [0.15, 0.2) is 22.5 Å². The van der Waals surface area contributed by atoms with E-state index in [2.05, 4.69) is 31.9 Å². The lowest BCUT2D eigenvalue weighted by Gasteiger charge is -2.28. The van der Waals surface area contributed by atoms with Crippen molar-refractivity contribution in [2.24, 2.45) is 12.0 Å². The van der Waals surface area contributed by atoms with Crippen LogP contribution in [0, 0.1) is 6.92 Å². The van der Waals surface area contributed by atoms with Gasteiger partial charge >= 0.3 is 0 Å². The maximum atomic E-state index is 10.5. The molecule has 144 valence electrons. The Morgan fingerprint density at radius 2 is 2.15 bits per heavy atom. The van der Waals surface area contributed by atoms with Crippen molar-refractivity contribution in [3.05, 3.63) is 34.0 Å². The Balaban J connectivity index is 2.02. The maximum absolute atomic E-state index is 10.5. The van der Waals surface area contributed by atoms with Crippen LogP contribution in [-0.4, -0.2) is 63.5 Å². The number of rotatable bonds is 8. The Kier molecular flexibility index (Phi) is 7.13. The Morgan fingerprint density at radius 1 is 1.38 bits per heavy atom. The van der Waals surface area contributed by atoms with E-state index in [0.29, 0.717) is 32.1 Å². The van der Waals surface area contributed by atoms with Crippen molar-refractivity contribution in [1.29, 1.82) is 0 Å². The van der Waals surface area contributed by atoms with Crippen molar-refractivity contribution in [1.82, 2.24) is 30.3 Å². The van der Waals surface area contributed by atoms with Gasteiger partial charge in [0.15, 0.2) is 11.8 Å². The van der Waals surface area contributed by atoms with Crippen LogP contribution in [0.5, 0.6) is 0 Å². The molecule has 0 bridgehead atoms. The molecule has 26 heavy (non-hydrogen) atoms. The summed E-state index contributed by atoms with van der Waals surface area (Å²) in [7, 11) is 5.80. The summed E-state index contributed by atoms with van der Waals surface area (Å²) < 4.78 is 1.92. The van der Waals surface area contributed by atoms with Crippen LogP contribution in [-0.2, 0) is 20.1 Å². The summed E-state index contributed by atoms with van der Waals surface area (Å²) in [5.74, 6) is 2.28. The maximum Gasteiger partial charge on any atom is 0.192 e. The number of hydrogen-bond donors (Lipinski definition) is 3. The van der Waals surface area contributed by atoms with Gasteiger partial charge in [0.05, 0.1) is 12.1 Å². The van der Waals surface area contributed by atoms with Gasteiger partial charge in [-0.3, -0.25) is 0 Å². The number of guanidine groups is 1. The predicted molar refractivity (Wildman–Crippen MR) is 105 cm³/mol. The number of aliphatic hydroxyl groups is 1. The minimum absolute atomic E-state index is 0.388. The predicted octanol–water partition coefficient (Wildman–Crippen LogP) is 0.733. The third kappa shape index (κ3) is 6.40. The molecule has 2 heterocycles. The highest BCUT2D eigenvalue weighted by atomic mass is 32.1. The molecule has 0 fully saturated rings. The fourth-order valence-electron chi connectivity index (χ4n) is 2.51. The highest BCUT2D eigenvalue weighted by Gasteiger charge is 2.21. The summed E-state index contributed by atoms with van der Waals surface area (Å²) in [4.78, 5) is 7.78. The molecule has 1 atom stereocenters. The fourth-order valence-corrected chi connectivity index (χ4v) is 3.15. The molecular formula is C17H29N7OS. The van der Waals surface area contributed by atoms with Crippen molar-refractivity contribution < 1.29 is 5.11 Å². The van der Waals surface area contributed by atoms with Crippen molar-refractivity contribution >= 4 is 17.3 Å². The zero-order valence-corrected chi connectivity index (χ0v) is 17.0. The van der Waals surface area contributed by atoms with E-state index < -0.39 is 5.60 Å². The van der Waals surface area contributed by atoms with E-state index in [4.69, 9.17) is 0 Å². The van der Waals surface area contributed by atoms with Crippen LogP contribution in [0.1, 0.15) is 23.4 Å².